The molecule has 0 spiro atoms. The average molecular weight is 348 g/mol. The summed E-state index contributed by atoms with van der Waals surface area (Å²) in [4.78, 5) is 0. The molecule has 15 heavy (non-hydrogen) atoms. The van der Waals surface area contributed by atoms with Crippen LogP contribution in [0.2, 0.25) is 0 Å². The van der Waals surface area contributed by atoms with Crippen LogP contribution < -0.4 is 34.0 Å². The molecule has 0 aromatic rings. The standard InChI is InChI=1S/C11H28N2.2BrH/c1-12(2,3)10-8-7-9-11-13(4,5)6;;/h7-11H2,1-6H3;2*1H/q+2;;/p-2. The molecule has 0 atom stereocenters. The van der Waals surface area contributed by atoms with Gasteiger partial charge >= 0.3 is 0 Å². The van der Waals surface area contributed by atoms with Crippen LogP contribution in [-0.4, -0.2) is 64.3 Å². The molecule has 0 fully saturated rings. The van der Waals surface area contributed by atoms with E-state index in [-0.39, 0.29) is 34.0 Å². The third-order valence-electron chi connectivity index (χ3n) is 2.16. The number of unbranched alkanes of at least 4 members (excludes halogenated alkanes) is 2. The monoisotopic (exact) mass is 346 g/mol. The Bertz CT molecular complexity index is 121. The lowest BCUT2D eigenvalue weighted by Gasteiger charge is -2.25. The average Bonchev–Trinajstić information content (AvgIpc) is 1.81. The lowest BCUT2D eigenvalue weighted by Crippen LogP contribution is -3.00. The van der Waals surface area contributed by atoms with Gasteiger partial charge in [0.1, 0.15) is 0 Å². The summed E-state index contributed by atoms with van der Waals surface area (Å²) in [5.41, 5.74) is 0. The topological polar surface area (TPSA) is 0 Å². The van der Waals surface area contributed by atoms with E-state index in [4.69, 9.17) is 0 Å². The molecule has 2 nitrogen and oxygen atoms in total. The molecule has 0 rings (SSSR count). The van der Waals surface area contributed by atoms with E-state index in [9.17, 15) is 0 Å². The van der Waals surface area contributed by atoms with Crippen molar-refractivity contribution in [1.82, 2.24) is 0 Å². The van der Waals surface area contributed by atoms with Gasteiger partial charge in [0.25, 0.3) is 0 Å². The summed E-state index contributed by atoms with van der Waals surface area (Å²) >= 11 is 0. The predicted molar refractivity (Wildman–Crippen MR) is 59.6 cm³/mol. The zero-order valence-electron chi connectivity index (χ0n) is 11.2. The van der Waals surface area contributed by atoms with Crippen LogP contribution in [0.4, 0.5) is 0 Å². The van der Waals surface area contributed by atoms with Gasteiger partial charge < -0.3 is 42.9 Å². The van der Waals surface area contributed by atoms with E-state index in [0.29, 0.717) is 0 Å². The SMILES string of the molecule is C[N+](C)(C)CCCCC[N+](C)(C)C.[Br-].[Br-]. The fourth-order valence-electron chi connectivity index (χ4n) is 1.35. The van der Waals surface area contributed by atoms with Crippen molar-refractivity contribution in [2.24, 2.45) is 0 Å². The van der Waals surface area contributed by atoms with Crippen LogP contribution in [0.15, 0.2) is 0 Å². The first-order valence-electron chi connectivity index (χ1n) is 5.32. The molecule has 0 aromatic carbocycles. The van der Waals surface area contributed by atoms with Crippen molar-refractivity contribution in [2.45, 2.75) is 19.3 Å². The van der Waals surface area contributed by atoms with E-state index in [2.05, 4.69) is 42.3 Å². The molecule has 0 radical (unpaired) electrons. The number of halogens is 2. The van der Waals surface area contributed by atoms with Gasteiger partial charge in [-0.2, -0.15) is 0 Å². The molecule has 0 N–H and O–H groups in total. The summed E-state index contributed by atoms with van der Waals surface area (Å²) in [6.45, 7) is 2.61. The molecule has 0 bridgehead atoms. The largest absolute Gasteiger partial charge is 1.00 e. The number of rotatable bonds is 6. The van der Waals surface area contributed by atoms with Gasteiger partial charge in [-0.3, -0.25) is 0 Å². The van der Waals surface area contributed by atoms with E-state index in [0.717, 1.165) is 8.97 Å². The Balaban J connectivity index is -0.000000720. The van der Waals surface area contributed by atoms with Crippen molar-refractivity contribution in [3.63, 3.8) is 0 Å². The van der Waals surface area contributed by atoms with Crippen LogP contribution in [0.25, 0.3) is 0 Å². The Morgan fingerprint density at radius 3 is 1.00 bits per heavy atom. The molecule has 96 valence electrons. The van der Waals surface area contributed by atoms with E-state index >= 15 is 0 Å². The molecule has 0 aliphatic heterocycles. The molecular weight excluding hydrogens is 320 g/mol. The third kappa shape index (κ3) is 20.9. The van der Waals surface area contributed by atoms with Gasteiger partial charge in [-0.05, 0) is 19.3 Å². The fraction of sp³-hybridized carbons (Fsp3) is 1.00. The second kappa shape index (κ2) is 8.97. The molecule has 0 heterocycles. The highest BCUT2D eigenvalue weighted by atomic mass is 79.9. The quantitative estimate of drug-likeness (QED) is 0.336. The Hall–Kier alpha value is 0.880. The number of hydrogen-bond donors (Lipinski definition) is 0. The van der Waals surface area contributed by atoms with E-state index in [1.807, 2.05) is 0 Å². The molecule has 0 aromatic heterocycles. The fourth-order valence-corrected chi connectivity index (χ4v) is 1.35. The molecule has 0 saturated heterocycles. The van der Waals surface area contributed by atoms with Crippen molar-refractivity contribution in [3.05, 3.63) is 0 Å². The lowest BCUT2D eigenvalue weighted by atomic mass is 10.2. The van der Waals surface area contributed by atoms with Crippen LogP contribution in [0, 0.1) is 0 Å². The Morgan fingerprint density at radius 1 is 0.533 bits per heavy atom. The van der Waals surface area contributed by atoms with Crippen LogP contribution >= 0.6 is 0 Å². The van der Waals surface area contributed by atoms with Crippen molar-refractivity contribution in [2.75, 3.05) is 55.4 Å². The highest BCUT2D eigenvalue weighted by Crippen LogP contribution is 2.03. The first-order chi connectivity index (χ1) is 5.71. The Labute approximate surface area is 117 Å². The highest BCUT2D eigenvalue weighted by molar-refractivity contribution is 4.40. The molecule has 4 heteroatoms. The normalized spacial score (nSPS) is 11.6. The van der Waals surface area contributed by atoms with Crippen molar-refractivity contribution < 1.29 is 42.9 Å². The second-order valence-corrected chi connectivity index (χ2v) is 6.09. The van der Waals surface area contributed by atoms with Gasteiger partial charge in [-0.1, -0.05) is 0 Å². The van der Waals surface area contributed by atoms with Gasteiger partial charge in [-0.25, -0.2) is 0 Å². The zero-order valence-corrected chi connectivity index (χ0v) is 14.4. The van der Waals surface area contributed by atoms with Crippen molar-refractivity contribution in [1.29, 1.82) is 0 Å². The van der Waals surface area contributed by atoms with E-state index in [1.54, 1.807) is 0 Å². The second-order valence-electron chi connectivity index (χ2n) is 6.09. The van der Waals surface area contributed by atoms with Crippen LogP contribution in [0.1, 0.15) is 19.3 Å². The van der Waals surface area contributed by atoms with Crippen molar-refractivity contribution >= 4 is 0 Å². The maximum Gasteiger partial charge on any atom is 0.0780 e. The summed E-state index contributed by atoms with van der Waals surface area (Å²) in [6.07, 6.45) is 4.11. The van der Waals surface area contributed by atoms with Gasteiger partial charge in [0.05, 0.1) is 55.4 Å². The van der Waals surface area contributed by atoms with Gasteiger partial charge in [0, 0.05) is 0 Å². The number of nitrogens with zero attached hydrogens (tertiary/aromatic N) is 2. The van der Waals surface area contributed by atoms with Gasteiger partial charge in [0.15, 0.2) is 0 Å². The molecule has 0 aliphatic rings. The summed E-state index contributed by atoms with van der Waals surface area (Å²) in [7, 11) is 13.6. The van der Waals surface area contributed by atoms with E-state index < -0.39 is 0 Å². The maximum atomic E-state index is 2.26. The summed E-state index contributed by atoms with van der Waals surface area (Å²) in [5.74, 6) is 0. The lowest BCUT2D eigenvalue weighted by molar-refractivity contribution is -0.872. The number of hydrogen-bond acceptors (Lipinski definition) is 0. The molecule has 0 aliphatic carbocycles. The number of quaternary nitrogens is 2. The minimum Gasteiger partial charge on any atom is -1.00 e. The van der Waals surface area contributed by atoms with Crippen LogP contribution in [-0.2, 0) is 0 Å². The third-order valence-corrected chi connectivity index (χ3v) is 2.16. The van der Waals surface area contributed by atoms with E-state index in [1.165, 1.54) is 32.4 Å². The molecule has 0 unspecified atom stereocenters. The molecule has 0 amide bonds. The first-order valence-corrected chi connectivity index (χ1v) is 5.32. The Morgan fingerprint density at radius 2 is 0.800 bits per heavy atom. The van der Waals surface area contributed by atoms with Crippen LogP contribution in [0.5, 0.6) is 0 Å². The molecule has 0 saturated carbocycles. The predicted octanol–water partition coefficient (Wildman–Crippen LogP) is -4.42. The first kappa shape index (κ1) is 21.2. The van der Waals surface area contributed by atoms with Crippen LogP contribution in [0.3, 0.4) is 0 Å². The highest BCUT2D eigenvalue weighted by Gasteiger charge is 2.08. The summed E-state index contributed by atoms with van der Waals surface area (Å²) in [5, 5.41) is 0. The van der Waals surface area contributed by atoms with Crippen molar-refractivity contribution in [3.8, 4) is 0 Å². The zero-order chi connectivity index (χ0) is 10.5. The summed E-state index contributed by atoms with van der Waals surface area (Å²) < 4.78 is 2.20. The van der Waals surface area contributed by atoms with Gasteiger partial charge in [0.2, 0.25) is 0 Å². The van der Waals surface area contributed by atoms with Gasteiger partial charge in [-0.15, -0.1) is 0 Å². The molecular formula is C11H28Br2N2. The Kier molecular flexibility index (Phi) is 12.7. The maximum absolute atomic E-state index is 2.26. The minimum absolute atomic E-state index is 0. The smallest absolute Gasteiger partial charge is 0.0780 e. The summed E-state index contributed by atoms with van der Waals surface area (Å²) in [6, 6.07) is 0. The minimum atomic E-state index is 0.